The molecular formula is C24H14O12. The third-order valence-electron chi connectivity index (χ3n) is 5.14. The molecule has 0 fully saturated rings. The van der Waals surface area contributed by atoms with Crippen LogP contribution in [0.15, 0.2) is 48.5 Å². The van der Waals surface area contributed by atoms with Crippen molar-refractivity contribution in [2.45, 2.75) is 0 Å². The number of carboxylic acids is 6. The molecule has 0 aliphatic heterocycles. The van der Waals surface area contributed by atoms with Gasteiger partial charge in [0.25, 0.3) is 0 Å². The number of aromatic carboxylic acids is 6. The molecule has 0 bridgehead atoms. The van der Waals surface area contributed by atoms with Crippen LogP contribution in [0.2, 0.25) is 0 Å². The van der Waals surface area contributed by atoms with Crippen LogP contribution in [0, 0.1) is 0 Å². The molecule has 0 aromatic heterocycles. The highest BCUT2D eigenvalue weighted by Gasteiger charge is 2.27. The number of rotatable bonds is 8. The predicted molar refractivity (Wildman–Crippen MR) is 119 cm³/mol. The van der Waals surface area contributed by atoms with E-state index in [0.29, 0.717) is 12.1 Å². The maximum absolute atomic E-state index is 11.9. The average Bonchev–Trinajstić information content (AvgIpc) is 2.81. The van der Waals surface area contributed by atoms with Crippen molar-refractivity contribution in [3.05, 3.63) is 81.9 Å². The lowest BCUT2D eigenvalue weighted by molar-refractivity contribution is 0.0649. The Morgan fingerprint density at radius 3 is 1.08 bits per heavy atom. The van der Waals surface area contributed by atoms with Crippen LogP contribution in [0.3, 0.4) is 0 Å². The van der Waals surface area contributed by atoms with Gasteiger partial charge in [0.05, 0.1) is 33.4 Å². The molecule has 0 amide bonds. The van der Waals surface area contributed by atoms with Crippen molar-refractivity contribution in [2.75, 3.05) is 0 Å². The molecule has 0 aliphatic rings. The van der Waals surface area contributed by atoms with Crippen LogP contribution in [0.4, 0.5) is 0 Å². The van der Waals surface area contributed by atoms with Crippen molar-refractivity contribution >= 4 is 35.8 Å². The van der Waals surface area contributed by atoms with Crippen molar-refractivity contribution < 1.29 is 59.4 Å². The standard InChI is InChI=1S/C24H14O12/c25-19(26)11-5-13(17(23(33)34)15(7-11)21(29)30)9-2-1-3-10(4-9)14-6-12(20(27)28)8-16(22(31)32)18(14)24(35)36/h1-8H,(H,25,26)(H,27,28)(H,29,30)(H,31,32)(H,33,34)(H,35,36). The third-order valence-corrected chi connectivity index (χ3v) is 5.14. The van der Waals surface area contributed by atoms with E-state index in [1.54, 1.807) is 0 Å². The van der Waals surface area contributed by atoms with E-state index in [-0.39, 0.29) is 22.3 Å². The second kappa shape index (κ2) is 9.38. The number of hydrogen-bond donors (Lipinski definition) is 6. The van der Waals surface area contributed by atoms with Crippen LogP contribution >= 0.6 is 0 Å². The molecule has 0 unspecified atom stereocenters. The Labute approximate surface area is 199 Å². The van der Waals surface area contributed by atoms with Crippen LogP contribution in [0.25, 0.3) is 22.3 Å². The zero-order valence-electron chi connectivity index (χ0n) is 17.8. The molecule has 12 heteroatoms. The summed E-state index contributed by atoms with van der Waals surface area (Å²) in [4.78, 5) is 70.2. The molecule has 3 aromatic rings. The Morgan fingerprint density at radius 1 is 0.444 bits per heavy atom. The summed E-state index contributed by atoms with van der Waals surface area (Å²) in [6.07, 6.45) is 0. The van der Waals surface area contributed by atoms with E-state index >= 15 is 0 Å². The molecule has 0 saturated heterocycles. The summed E-state index contributed by atoms with van der Waals surface area (Å²) in [5.74, 6) is -9.86. The van der Waals surface area contributed by atoms with Gasteiger partial charge in [-0.15, -0.1) is 0 Å². The molecule has 12 nitrogen and oxygen atoms in total. The smallest absolute Gasteiger partial charge is 0.337 e. The van der Waals surface area contributed by atoms with Crippen LogP contribution < -0.4 is 0 Å². The average molecular weight is 494 g/mol. The third kappa shape index (κ3) is 4.59. The van der Waals surface area contributed by atoms with E-state index in [2.05, 4.69) is 0 Å². The summed E-state index contributed by atoms with van der Waals surface area (Å²) in [6.45, 7) is 0. The molecule has 0 saturated carbocycles. The lowest BCUT2D eigenvalue weighted by Crippen LogP contribution is -2.13. The van der Waals surface area contributed by atoms with Gasteiger partial charge in [0.1, 0.15) is 0 Å². The lowest BCUT2D eigenvalue weighted by Gasteiger charge is -2.15. The Balaban J connectivity index is 2.42. The molecule has 182 valence electrons. The topological polar surface area (TPSA) is 224 Å². The molecule has 0 aliphatic carbocycles. The second-order valence-corrected chi connectivity index (χ2v) is 7.30. The number of benzene rings is 3. The van der Waals surface area contributed by atoms with Gasteiger partial charge in [-0.25, -0.2) is 28.8 Å². The van der Waals surface area contributed by atoms with Crippen molar-refractivity contribution in [1.29, 1.82) is 0 Å². The van der Waals surface area contributed by atoms with Crippen LogP contribution in [0.5, 0.6) is 0 Å². The highest BCUT2D eigenvalue weighted by molar-refractivity contribution is 6.10. The minimum absolute atomic E-state index is 0.0514. The van der Waals surface area contributed by atoms with Crippen LogP contribution in [-0.4, -0.2) is 66.5 Å². The number of carboxylic acid groups (broad SMARTS) is 6. The van der Waals surface area contributed by atoms with Crippen LogP contribution in [0.1, 0.15) is 62.1 Å². The largest absolute Gasteiger partial charge is 0.478 e. The van der Waals surface area contributed by atoms with E-state index in [0.717, 1.165) is 18.2 Å². The fraction of sp³-hybridized carbons (Fsp3) is 0. The molecule has 0 atom stereocenters. The minimum Gasteiger partial charge on any atom is -0.478 e. The van der Waals surface area contributed by atoms with E-state index in [1.807, 2.05) is 0 Å². The molecule has 0 spiro atoms. The van der Waals surface area contributed by atoms with Crippen molar-refractivity contribution in [1.82, 2.24) is 0 Å². The van der Waals surface area contributed by atoms with Crippen molar-refractivity contribution in [3.8, 4) is 22.3 Å². The van der Waals surface area contributed by atoms with Gasteiger partial charge in [0.2, 0.25) is 0 Å². The van der Waals surface area contributed by atoms with E-state index in [4.69, 9.17) is 0 Å². The van der Waals surface area contributed by atoms with Gasteiger partial charge in [0, 0.05) is 0 Å². The van der Waals surface area contributed by atoms with Gasteiger partial charge in [-0.1, -0.05) is 18.2 Å². The first kappa shape index (κ1) is 25.1. The van der Waals surface area contributed by atoms with Crippen molar-refractivity contribution in [3.63, 3.8) is 0 Å². The van der Waals surface area contributed by atoms with E-state index < -0.39 is 69.2 Å². The predicted octanol–water partition coefficient (Wildman–Crippen LogP) is 3.21. The van der Waals surface area contributed by atoms with Crippen molar-refractivity contribution in [2.24, 2.45) is 0 Å². The van der Waals surface area contributed by atoms with E-state index in [1.165, 1.54) is 18.2 Å². The Hall–Kier alpha value is -5.52. The van der Waals surface area contributed by atoms with Gasteiger partial charge >= 0.3 is 35.8 Å². The summed E-state index contributed by atoms with van der Waals surface area (Å²) in [5, 5.41) is 57.0. The summed E-state index contributed by atoms with van der Waals surface area (Å²) in [6, 6.07) is 8.25. The normalized spacial score (nSPS) is 10.4. The Kier molecular flexibility index (Phi) is 6.54. The SMILES string of the molecule is O=C(O)c1cc(C(=O)O)c(C(=O)O)c(-c2cccc(-c3cc(C(=O)O)cc(C(=O)O)c3C(=O)O)c2)c1. The molecule has 6 N–H and O–H groups in total. The first-order valence-corrected chi connectivity index (χ1v) is 9.70. The van der Waals surface area contributed by atoms with Crippen LogP contribution in [-0.2, 0) is 0 Å². The van der Waals surface area contributed by atoms with Gasteiger partial charge in [-0.05, 0) is 52.6 Å². The number of carbonyl (C=O) groups is 6. The first-order valence-electron chi connectivity index (χ1n) is 9.70. The maximum atomic E-state index is 11.9. The quantitative estimate of drug-likeness (QED) is 0.265. The summed E-state index contributed by atoms with van der Waals surface area (Å²) < 4.78 is 0. The molecule has 0 heterocycles. The monoisotopic (exact) mass is 494 g/mol. The fourth-order valence-electron chi connectivity index (χ4n) is 3.64. The maximum Gasteiger partial charge on any atom is 0.337 e. The second-order valence-electron chi connectivity index (χ2n) is 7.30. The lowest BCUT2D eigenvalue weighted by atomic mass is 9.88. The zero-order valence-corrected chi connectivity index (χ0v) is 17.8. The molecular weight excluding hydrogens is 480 g/mol. The van der Waals surface area contributed by atoms with Gasteiger partial charge < -0.3 is 30.6 Å². The molecule has 3 rings (SSSR count). The Bertz CT molecular complexity index is 1390. The van der Waals surface area contributed by atoms with Gasteiger partial charge in [0.15, 0.2) is 0 Å². The Morgan fingerprint density at radius 2 is 0.806 bits per heavy atom. The highest BCUT2D eigenvalue weighted by atomic mass is 16.4. The summed E-state index contributed by atoms with van der Waals surface area (Å²) in [7, 11) is 0. The molecule has 36 heavy (non-hydrogen) atoms. The first-order chi connectivity index (χ1) is 16.8. The minimum atomic E-state index is -1.71. The van der Waals surface area contributed by atoms with Gasteiger partial charge in [-0.2, -0.15) is 0 Å². The molecule has 0 radical (unpaired) electrons. The summed E-state index contributed by atoms with van der Waals surface area (Å²) in [5.41, 5.74) is -4.94. The number of hydrogen-bond acceptors (Lipinski definition) is 6. The van der Waals surface area contributed by atoms with Gasteiger partial charge in [-0.3, -0.25) is 0 Å². The fourth-order valence-corrected chi connectivity index (χ4v) is 3.64. The zero-order chi connectivity index (χ0) is 26.9. The molecule has 3 aromatic carbocycles. The highest BCUT2D eigenvalue weighted by Crippen LogP contribution is 2.34. The van der Waals surface area contributed by atoms with E-state index in [9.17, 15) is 59.4 Å². The summed E-state index contributed by atoms with van der Waals surface area (Å²) >= 11 is 0.